The zero-order chi connectivity index (χ0) is 22.8. The predicted octanol–water partition coefficient (Wildman–Crippen LogP) is 2.79. The quantitative estimate of drug-likeness (QED) is 0.681. The van der Waals surface area contributed by atoms with Crippen LogP contribution in [0, 0.1) is 18.8 Å². The van der Waals surface area contributed by atoms with Crippen LogP contribution < -0.4 is 10.5 Å². The van der Waals surface area contributed by atoms with Crippen molar-refractivity contribution in [2.45, 2.75) is 44.9 Å². The molecule has 8 nitrogen and oxygen atoms in total. The van der Waals surface area contributed by atoms with E-state index in [-0.39, 0.29) is 22.6 Å². The number of hydrogen-bond donors (Lipinski definition) is 2. The van der Waals surface area contributed by atoms with Crippen molar-refractivity contribution >= 4 is 38.9 Å². The minimum absolute atomic E-state index is 0.00719. The van der Waals surface area contributed by atoms with Gasteiger partial charge in [-0.25, -0.2) is 18.5 Å². The summed E-state index contributed by atoms with van der Waals surface area (Å²) in [5.74, 6) is 0.130. The number of thiazole rings is 1. The number of nitrogens with two attached hydrogens (primary N) is 1. The SMILES string of the molecule is Cc1nc(CC(C)C)sc1C(=O)N1CCC(C(=O)Nc2ccc(S(N)(=O)=O)cc2)CC1. The summed E-state index contributed by atoms with van der Waals surface area (Å²) >= 11 is 1.47. The van der Waals surface area contributed by atoms with Gasteiger partial charge in [0.05, 0.1) is 15.6 Å². The Morgan fingerprint density at radius 2 is 1.84 bits per heavy atom. The van der Waals surface area contributed by atoms with Crippen LogP contribution in [0.15, 0.2) is 29.2 Å². The molecule has 1 aliphatic heterocycles. The molecule has 0 saturated carbocycles. The van der Waals surface area contributed by atoms with Gasteiger partial charge in [-0.1, -0.05) is 13.8 Å². The van der Waals surface area contributed by atoms with Crippen molar-refractivity contribution in [2.24, 2.45) is 17.0 Å². The topological polar surface area (TPSA) is 122 Å². The van der Waals surface area contributed by atoms with E-state index in [2.05, 4.69) is 24.1 Å². The van der Waals surface area contributed by atoms with Gasteiger partial charge in [0.1, 0.15) is 4.88 Å². The zero-order valence-electron chi connectivity index (χ0n) is 17.9. The molecule has 1 aromatic heterocycles. The maximum absolute atomic E-state index is 12.9. The van der Waals surface area contributed by atoms with Crippen LogP contribution in [0.1, 0.15) is 47.1 Å². The largest absolute Gasteiger partial charge is 0.338 e. The maximum Gasteiger partial charge on any atom is 0.265 e. The van der Waals surface area contributed by atoms with E-state index in [0.717, 1.165) is 17.1 Å². The molecule has 2 heterocycles. The normalized spacial score (nSPS) is 15.3. The van der Waals surface area contributed by atoms with Crippen LogP contribution in [0.5, 0.6) is 0 Å². The van der Waals surface area contributed by atoms with Crippen molar-refractivity contribution < 1.29 is 18.0 Å². The number of amides is 2. The number of benzene rings is 1. The lowest BCUT2D eigenvalue weighted by molar-refractivity contribution is -0.121. The van der Waals surface area contributed by atoms with Crippen molar-refractivity contribution in [1.29, 1.82) is 0 Å². The summed E-state index contributed by atoms with van der Waals surface area (Å²) in [6, 6.07) is 5.74. The lowest BCUT2D eigenvalue weighted by Crippen LogP contribution is -2.41. The first-order valence-corrected chi connectivity index (χ1v) is 12.6. The number of aryl methyl sites for hydroxylation is 1. The molecule has 10 heteroatoms. The molecule has 0 bridgehead atoms. The fourth-order valence-corrected chi connectivity index (χ4v) is 5.31. The summed E-state index contributed by atoms with van der Waals surface area (Å²) in [5, 5.41) is 8.88. The molecule has 1 aliphatic rings. The molecule has 0 spiro atoms. The Morgan fingerprint density at radius 1 is 1.23 bits per heavy atom. The highest BCUT2D eigenvalue weighted by Gasteiger charge is 2.29. The van der Waals surface area contributed by atoms with E-state index in [9.17, 15) is 18.0 Å². The summed E-state index contributed by atoms with van der Waals surface area (Å²) in [7, 11) is -3.77. The van der Waals surface area contributed by atoms with Crippen molar-refractivity contribution in [3.8, 4) is 0 Å². The van der Waals surface area contributed by atoms with Gasteiger partial charge in [0.15, 0.2) is 0 Å². The molecular formula is C21H28N4O4S2. The molecule has 3 rings (SSSR count). The van der Waals surface area contributed by atoms with Gasteiger partial charge >= 0.3 is 0 Å². The van der Waals surface area contributed by atoms with Crippen LogP contribution in [0.25, 0.3) is 0 Å². The minimum atomic E-state index is -3.77. The monoisotopic (exact) mass is 464 g/mol. The molecule has 0 radical (unpaired) electrons. The maximum atomic E-state index is 12.9. The summed E-state index contributed by atoms with van der Waals surface area (Å²) in [6.07, 6.45) is 2.01. The fraction of sp³-hybridized carbons (Fsp3) is 0.476. The van der Waals surface area contributed by atoms with Gasteiger partial charge in [-0.3, -0.25) is 9.59 Å². The first kappa shape index (κ1) is 23.4. The predicted molar refractivity (Wildman–Crippen MR) is 120 cm³/mol. The van der Waals surface area contributed by atoms with E-state index in [4.69, 9.17) is 5.14 Å². The Morgan fingerprint density at radius 3 is 2.39 bits per heavy atom. The van der Waals surface area contributed by atoms with Crippen LogP contribution >= 0.6 is 11.3 Å². The van der Waals surface area contributed by atoms with Crippen LogP contribution in [0.4, 0.5) is 5.69 Å². The van der Waals surface area contributed by atoms with E-state index in [1.54, 1.807) is 4.90 Å². The Balaban J connectivity index is 1.56. The molecule has 1 aromatic carbocycles. The Kier molecular flexibility index (Phi) is 7.13. The number of sulfonamides is 1. The van der Waals surface area contributed by atoms with Gasteiger partial charge < -0.3 is 10.2 Å². The summed E-state index contributed by atoms with van der Waals surface area (Å²) < 4.78 is 22.7. The summed E-state index contributed by atoms with van der Waals surface area (Å²) in [6.45, 7) is 7.15. The average molecular weight is 465 g/mol. The summed E-state index contributed by atoms with van der Waals surface area (Å²) in [4.78, 5) is 32.5. The van der Waals surface area contributed by atoms with Crippen LogP contribution in [-0.4, -0.2) is 43.2 Å². The average Bonchev–Trinajstić information content (AvgIpc) is 3.06. The smallest absolute Gasteiger partial charge is 0.265 e. The molecular weight excluding hydrogens is 436 g/mol. The number of nitrogens with one attached hydrogen (secondary N) is 1. The molecule has 1 saturated heterocycles. The highest BCUT2D eigenvalue weighted by molar-refractivity contribution is 7.89. The number of likely N-dealkylation sites (tertiary alicyclic amines) is 1. The second-order valence-electron chi connectivity index (χ2n) is 8.25. The molecule has 2 amide bonds. The zero-order valence-corrected chi connectivity index (χ0v) is 19.6. The minimum Gasteiger partial charge on any atom is -0.338 e. The fourth-order valence-electron chi connectivity index (χ4n) is 3.55. The molecule has 1 fully saturated rings. The van der Waals surface area contributed by atoms with E-state index in [1.807, 2.05) is 6.92 Å². The molecule has 3 N–H and O–H groups in total. The van der Waals surface area contributed by atoms with Crippen molar-refractivity contribution in [2.75, 3.05) is 18.4 Å². The molecule has 0 unspecified atom stereocenters. The highest BCUT2D eigenvalue weighted by Crippen LogP contribution is 2.26. The van der Waals surface area contributed by atoms with Gasteiger partial charge in [0.2, 0.25) is 15.9 Å². The Labute approximate surface area is 186 Å². The van der Waals surface area contributed by atoms with Gasteiger partial charge in [-0.15, -0.1) is 11.3 Å². The standard InChI is InChI=1S/C21H28N4O4S2/c1-13(2)12-18-23-14(3)19(30-18)21(27)25-10-8-15(9-11-25)20(26)24-16-4-6-17(7-5-16)31(22,28)29/h4-7,13,15H,8-12H2,1-3H3,(H,24,26)(H2,22,28,29). The first-order valence-electron chi connectivity index (χ1n) is 10.2. The van der Waals surface area contributed by atoms with Crippen LogP contribution in [-0.2, 0) is 21.2 Å². The number of carbonyl (C=O) groups excluding carboxylic acids is 2. The number of primary sulfonamides is 1. The van der Waals surface area contributed by atoms with Gasteiger partial charge in [0.25, 0.3) is 5.91 Å². The number of rotatable bonds is 6. The highest BCUT2D eigenvalue weighted by atomic mass is 32.2. The van der Waals surface area contributed by atoms with E-state index < -0.39 is 10.0 Å². The van der Waals surface area contributed by atoms with Crippen LogP contribution in [0.3, 0.4) is 0 Å². The summed E-state index contributed by atoms with van der Waals surface area (Å²) in [5.41, 5.74) is 1.28. The molecule has 31 heavy (non-hydrogen) atoms. The third kappa shape index (κ3) is 5.90. The van der Waals surface area contributed by atoms with Crippen molar-refractivity contribution in [3.05, 3.63) is 39.8 Å². The van der Waals surface area contributed by atoms with Crippen LogP contribution in [0.2, 0.25) is 0 Å². The van der Waals surface area contributed by atoms with Crippen molar-refractivity contribution in [1.82, 2.24) is 9.88 Å². The van der Waals surface area contributed by atoms with Crippen molar-refractivity contribution in [3.63, 3.8) is 0 Å². The third-order valence-electron chi connectivity index (χ3n) is 5.22. The molecule has 168 valence electrons. The van der Waals surface area contributed by atoms with E-state index >= 15 is 0 Å². The third-order valence-corrected chi connectivity index (χ3v) is 7.32. The number of anilines is 1. The molecule has 0 atom stereocenters. The lowest BCUT2D eigenvalue weighted by atomic mass is 9.95. The second-order valence-corrected chi connectivity index (χ2v) is 10.9. The lowest BCUT2D eigenvalue weighted by Gasteiger charge is -2.31. The van der Waals surface area contributed by atoms with Gasteiger partial charge in [-0.05, 0) is 49.9 Å². The van der Waals surface area contributed by atoms with Gasteiger partial charge in [-0.2, -0.15) is 0 Å². The molecule has 0 aliphatic carbocycles. The second kappa shape index (κ2) is 9.46. The van der Waals surface area contributed by atoms with E-state index in [0.29, 0.717) is 42.4 Å². The molecule has 2 aromatic rings. The number of hydrogen-bond acceptors (Lipinski definition) is 6. The Hall–Kier alpha value is -2.30. The number of nitrogens with zero attached hydrogens (tertiary/aromatic N) is 2. The Bertz CT molecular complexity index is 1050. The number of aromatic nitrogens is 1. The van der Waals surface area contributed by atoms with Gasteiger partial charge in [0, 0.05) is 31.1 Å². The van der Waals surface area contributed by atoms with E-state index in [1.165, 1.54) is 35.6 Å². The number of carbonyl (C=O) groups is 2. The number of piperidine rings is 1. The first-order chi connectivity index (χ1) is 14.5.